The van der Waals surface area contributed by atoms with Gasteiger partial charge in [0, 0.05) is 17.9 Å². The van der Waals surface area contributed by atoms with Crippen LogP contribution < -0.4 is 0 Å². The molecule has 0 aliphatic heterocycles. The molecule has 0 spiro atoms. The summed E-state index contributed by atoms with van der Waals surface area (Å²) in [6.07, 6.45) is 0.645. The van der Waals surface area contributed by atoms with Crippen molar-refractivity contribution in [3.05, 3.63) is 70.5 Å². The summed E-state index contributed by atoms with van der Waals surface area (Å²) >= 11 is 6.08. The number of benzene rings is 2. The lowest BCUT2D eigenvalue weighted by atomic mass is 9.89. The maximum Gasteiger partial charge on any atom is 0.126 e. The Hall–Kier alpha value is -1.38. The van der Waals surface area contributed by atoms with Gasteiger partial charge in [-0.05, 0) is 30.2 Å². The Morgan fingerprint density at radius 2 is 1.53 bits per heavy atom. The fraction of sp³-hybridized carbons (Fsp3) is 0.250. The zero-order valence-corrected chi connectivity index (χ0v) is 11.5. The van der Waals surface area contributed by atoms with Crippen LogP contribution in [0.1, 0.15) is 18.1 Å². The van der Waals surface area contributed by atoms with Gasteiger partial charge >= 0.3 is 0 Å². The molecule has 0 aliphatic carbocycles. The van der Waals surface area contributed by atoms with Gasteiger partial charge < -0.3 is 5.11 Å². The van der Waals surface area contributed by atoms with Crippen molar-refractivity contribution in [2.24, 2.45) is 0 Å². The van der Waals surface area contributed by atoms with Crippen LogP contribution in [0.2, 0.25) is 5.02 Å². The van der Waals surface area contributed by atoms with Gasteiger partial charge in [-0.15, -0.1) is 0 Å². The average Bonchev–Trinajstić information content (AvgIpc) is 2.35. The largest absolute Gasteiger partial charge is 0.389 e. The second-order valence-corrected chi connectivity index (χ2v) is 5.44. The molecule has 0 aliphatic rings. The summed E-state index contributed by atoms with van der Waals surface area (Å²) in [5, 5.41) is 11.1. The first kappa shape index (κ1) is 14.0. The molecule has 0 saturated carbocycles. The van der Waals surface area contributed by atoms with Crippen LogP contribution in [-0.4, -0.2) is 10.7 Å². The van der Waals surface area contributed by atoms with Gasteiger partial charge in [-0.2, -0.15) is 0 Å². The average molecular weight is 279 g/mol. The molecule has 0 radical (unpaired) electrons. The van der Waals surface area contributed by atoms with Crippen LogP contribution in [0.15, 0.2) is 48.5 Å². The normalized spacial score (nSPS) is 14.1. The molecular formula is C16H16ClFO. The van der Waals surface area contributed by atoms with Crippen molar-refractivity contribution >= 4 is 11.6 Å². The number of hydrogen-bond donors (Lipinski definition) is 1. The Morgan fingerprint density at radius 3 is 2.16 bits per heavy atom. The van der Waals surface area contributed by atoms with Crippen molar-refractivity contribution < 1.29 is 9.50 Å². The standard InChI is InChI=1S/C16H16ClFO/c1-16(19,10-12-6-2-4-8-14(12)17)11-13-7-3-5-9-15(13)18/h2-9,19H,10-11H2,1H3. The molecule has 2 aromatic carbocycles. The van der Waals surface area contributed by atoms with E-state index in [0.717, 1.165) is 5.56 Å². The summed E-state index contributed by atoms with van der Waals surface area (Å²) < 4.78 is 13.6. The SMILES string of the molecule is CC(O)(Cc1ccccc1F)Cc1ccccc1Cl. The highest BCUT2D eigenvalue weighted by atomic mass is 35.5. The molecule has 19 heavy (non-hydrogen) atoms. The Labute approximate surface area is 117 Å². The molecule has 0 heterocycles. The quantitative estimate of drug-likeness (QED) is 0.896. The lowest BCUT2D eigenvalue weighted by molar-refractivity contribution is 0.0599. The van der Waals surface area contributed by atoms with Crippen LogP contribution in [0.5, 0.6) is 0 Å². The third kappa shape index (κ3) is 3.79. The van der Waals surface area contributed by atoms with Gasteiger partial charge in [-0.1, -0.05) is 48.0 Å². The topological polar surface area (TPSA) is 20.2 Å². The molecule has 0 amide bonds. The highest BCUT2D eigenvalue weighted by molar-refractivity contribution is 6.31. The van der Waals surface area contributed by atoms with Crippen molar-refractivity contribution in [3.8, 4) is 0 Å². The molecule has 0 aromatic heterocycles. The first-order chi connectivity index (χ1) is 8.98. The molecule has 1 unspecified atom stereocenters. The zero-order chi connectivity index (χ0) is 13.9. The van der Waals surface area contributed by atoms with Crippen LogP contribution >= 0.6 is 11.6 Å². The van der Waals surface area contributed by atoms with Gasteiger partial charge in [0.15, 0.2) is 0 Å². The molecule has 2 rings (SSSR count). The van der Waals surface area contributed by atoms with E-state index in [-0.39, 0.29) is 12.2 Å². The van der Waals surface area contributed by atoms with E-state index in [9.17, 15) is 9.50 Å². The minimum absolute atomic E-state index is 0.255. The van der Waals surface area contributed by atoms with E-state index in [1.54, 1.807) is 31.2 Å². The zero-order valence-electron chi connectivity index (χ0n) is 10.7. The van der Waals surface area contributed by atoms with E-state index >= 15 is 0 Å². The summed E-state index contributed by atoms with van der Waals surface area (Å²) in [7, 11) is 0. The fourth-order valence-corrected chi connectivity index (χ4v) is 2.37. The Morgan fingerprint density at radius 1 is 1.00 bits per heavy atom. The monoisotopic (exact) mass is 278 g/mol. The number of hydrogen-bond acceptors (Lipinski definition) is 1. The summed E-state index contributed by atoms with van der Waals surface area (Å²) in [4.78, 5) is 0. The van der Waals surface area contributed by atoms with Crippen molar-refractivity contribution in [1.82, 2.24) is 0 Å². The molecule has 0 bridgehead atoms. The molecular weight excluding hydrogens is 263 g/mol. The van der Waals surface area contributed by atoms with Gasteiger partial charge in [0.1, 0.15) is 5.82 Å². The van der Waals surface area contributed by atoms with Gasteiger partial charge in [0.2, 0.25) is 0 Å². The van der Waals surface area contributed by atoms with Gasteiger partial charge in [0.05, 0.1) is 5.60 Å². The minimum atomic E-state index is -1.03. The summed E-state index contributed by atoms with van der Waals surface area (Å²) in [6.45, 7) is 1.70. The Balaban J connectivity index is 2.15. The number of aliphatic hydroxyl groups is 1. The van der Waals surface area contributed by atoms with Crippen molar-refractivity contribution in [2.75, 3.05) is 0 Å². The van der Waals surface area contributed by atoms with Crippen LogP contribution in [0.25, 0.3) is 0 Å². The summed E-state index contributed by atoms with van der Waals surface area (Å²) in [6, 6.07) is 13.9. The Kier molecular flexibility index (Phi) is 4.23. The minimum Gasteiger partial charge on any atom is -0.389 e. The maximum atomic E-state index is 13.6. The second-order valence-electron chi connectivity index (χ2n) is 5.03. The third-order valence-electron chi connectivity index (χ3n) is 3.06. The molecule has 3 heteroatoms. The van der Waals surface area contributed by atoms with E-state index in [1.165, 1.54) is 6.07 Å². The molecule has 1 N–H and O–H groups in total. The molecule has 100 valence electrons. The lowest BCUT2D eigenvalue weighted by Gasteiger charge is -2.24. The first-order valence-electron chi connectivity index (χ1n) is 6.17. The van der Waals surface area contributed by atoms with E-state index in [1.807, 2.05) is 18.2 Å². The molecule has 1 atom stereocenters. The first-order valence-corrected chi connectivity index (χ1v) is 6.55. The van der Waals surface area contributed by atoms with Gasteiger partial charge in [0.25, 0.3) is 0 Å². The summed E-state index contributed by atoms with van der Waals surface area (Å²) in [5.41, 5.74) is 0.345. The highest BCUT2D eigenvalue weighted by Crippen LogP contribution is 2.24. The predicted molar refractivity (Wildman–Crippen MR) is 75.9 cm³/mol. The van der Waals surface area contributed by atoms with E-state index in [0.29, 0.717) is 17.0 Å². The van der Waals surface area contributed by atoms with Gasteiger partial charge in [-0.25, -0.2) is 4.39 Å². The van der Waals surface area contributed by atoms with Gasteiger partial charge in [-0.3, -0.25) is 0 Å². The molecule has 1 nitrogen and oxygen atoms in total. The number of halogens is 2. The third-order valence-corrected chi connectivity index (χ3v) is 3.43. The van der Waals surface area contributed by atoms with E-state index in [4.69, 9.17) is 11.6 Å². The molecule has 2 aromatic rings. The lowest BCUT2D eigenvalue weighted by Crippen LogP contribution is -2.30. The van der Waals surface area contributed by atoms with Crippen LogP contribution in [0.3, 0.4) is 0 Å². The maximum absolute atomic E-state index is 13.6. The predicted octanol–water partition coefficient (Wildman–Crippen LogP) is 4.02. The molecule has 0 fully saturated rings. The smallest absolute Gasteiger partial charge is 0.126 e. The molecule has 0 saturated heterocycles. The second kappa shape index (κ2) is 5.72. The van der Waals surface area contributed by atoms with Crippen molar-refractivity contribution in [3.63, 3.8) is 0 Å². The summed E-state index contributed by atoms with van der Waals surface area (Å²) in [5.74, 6) is -0.290. The number of rotatable bonds is 4. The fourth-order valence-electron chi connectivity index (χ4n) is 2.17. The van der Waals surface area contributed by atoms with E-state index in [2.05, 4.69) is 0 Å². The van der Waals surface area contributed by atoms with E-state index < -0.39 is 5.60 Å². The van der Waals surface area contributed by atoms with Crippen molar-refractivity contribution in [2.45, 2.75) is 25.4 Å². The van der Waals surface area contributed by atoms with Crippen LogP contribution in [-0.2, 0) is 12.8 Å². The highest BCUT2D eigenvalue weighted by Gasteiger charge is 2.23. The van der Waals surface area contributed by atoms with Crippen LogP contribution in [0.4, 0.5) is 4.39 Å². The van der Waals surface area contributed by atoms with Crippen molar-refractivity contribution in [1.29, 1.82) is 0 Å². The van der Waals surface area contributed by atoms with Crippen LogP contribution in [0, 0.1) is 5.82 Å². The Bertz CT molecular complexity index is 517.